The van der Waals surface area contributed by atoms with Gasteiger partial charge in [0.15, 0.2) is 5.69 Å². The molecule has 8 heteroatoms. The van der Waals surface area contributed by atoms with Gasteiger partial charge in [-0.1, -0.05) is 28.4 Å². The highest BCUT2D eigenvalue weighted by atomic mass is 35.5. The van der Waals surface area contributed by atoms with Crippen LogP contribution in [0.4, 0.5) is 5.69 Å². The summed E-state index contributed by atoms with van der Waals surface area (Å²) in [5.41, 5.74) is 0.709. The van der Waals surface area contributed by atoms with E-state index < -0.39 is 0 Å². The number of rotatable bonds is 3. The van der Waals surface area contributed by atoms with E-state index in [9.17, 15) is 9.59 Å². The van der Waals surface area contributed by atoms with E-state index in [2.05, 4.69) is 10.5 Å². The summed E-state index contributed by atoms with van der Waals surface area (Å²) in [5, 5.41) is 7.30. The van der Waals surface area contributed by atoms with Crippen LogP contribution in [0.25, 0.3) is 0 Å². The molecule has 0 spiro atoms. The Bertz CT molecular complexity index is 769. The van der Waals surface area contributed by atoms with Gasteiger partial charge < -0.3 is 14.7 Å². The second kappa shape index (κ2) is 6.22. The minimum absolute atomic E-state index is 0.199. The van der Waals surface area contributed by atoms with Crippen LogP contribution in [-0.2, 0) is 4.79 Å². The lowest BCUT2D eigenvalue weighted by Gasteiger charge is -2.37. The molecule has 1 aromatic carbocycles. The molecule has 0 aliphatic carbocycles. The highest BCUT2D eigenvalue weighted by molar-refractivity contribution is 6.35. The van der Waals surface area contributed by atoms with Crippen molar-refractivity contribution in [3.63, 3.8) is 0 Å². The minimum Gasteiger partial charge on any atom is -0.361 e. The highest BCUT2D eigenvalue weighted by Gasteiger charge is 2.37. The second-order valence-corrected chi connectivity index (χ2v) is 6.19. The first-order valence-corrected chi connectivity index (χ1v) is 7.68. The Labute approximate surface area is 142 Å². The zero-order valence-corrected chi connectivity index (χ0v) is 13.7. The summed E-state index contributed by atoms with van der Waals surface area (Å²) in [4.78, 5) is 25.8. The Kier molecular flexibility index (Phi) is 4.28. The predicted octanol–water partition coefficient (Wildman–Crippen LogP) is 3.00. The maximum Gasteiger partial charge on any atom is 0.276 e. The first kappa shape index (κ1) is 15.8. The van der Waals surface area contributed by atoms with E-state index in [1.807, 2.05) is 0 Å². The number of carbonyl (C=O) groups is 2. The fourth-order valence-electron chi connectivity index (χ4n) is 2.27. The smallest absolute Gasteiger partial charge is 0.276 e. The molecule has 0 atom stereocenters. The molecular formula is C15H13Cl2N3O3. The number of aryl methyl sites for hydroxylation is 1. The fraction of sp³-hybridized carbons (Fsp3) is 0.267. The van der Waals surface area contributed by atoms with Gasteiger partial charge in [-0.15, -0.1) is 0 Å². The van der Waals surface area contributed by atoms with Crippen molar-refractivity contribution < 1.29 is 14.1 Å². The Morgan fingerprint density at radius 1 is 1.30 bits per heavy atom. The van der Waals surface area contributed by atoms with Crippen molar-refractivity contribution in [2.24, 2.45) is 5.92 Å². The van der Waals surface area contributed by atoms with Crippen LogP contribution in [0.5, 0.6) is 0 Å². The van der Waals surface area contributed by atoms with Crippen molar-refractivity contribution in [1.82, 2.24) is 10.1 Å². The average Bonchev–Trinajstić information content (AvgIpc) is 2.88. The number of nitrogens with zero attached hydrogens (tertiary/aromatic N) is 2. The summed E-state index contributed by atoms with van der Waals surface area (Å²) in [5.74, 6) is -0.165. The maximum atomic E-state index is 12.2. The lowest BCUT2D eigenvalue weighted by atomic mass is 9.98. The van der Waals surface area contributed by atoms with Gasteiger partial charge >= 0.3 is 0 Å². The number of hydrogen-bond donors (Lipinski definition) is 1. The number of benzene rings is 1. The van der Waals surface area contributed by atoms with Gasteiger partial charge in [0.05, 0.1) is 16.6 Å². The molecule has 2 heterocycles. The van der Waals surface area contributed by atoms with Crippen LogP contribution >= 0.6 is 23.2 Å². The molecule has 1 aliphatic heterocycles. The van der Waals surface area contributed by atoms with E-state index in [-0.39, 0.29) is 23.4 Å². The summed E-state index contributed by atoms with van der Waals surface area (Å²) in [7, 11) is 0. The van der Waals surface area contributed by atoms with Crippen molar-refractivity contribution in [3.05, 3.63) is 45.8 Å². The van der Waals surface area contributed by atoms with E-state index in [0.29, 0.717) is 34.6 Å². The molecule has 0 bridgehead atoms. The Balaban J connectivity index is 1.57. The van der Waals surface area contributed by atoms with Crippen molar-refractivity contribution in [2.75, 3.05) is 18.4 Å². The summed E-state index contributed by atoms with van der Waals surface area (Å²) >= 11 is 11.9. The molecule has 23 heavy (non-hydrogen) atoms. The quantitative estimate of drug-likeness (QED) is 0.920. The predicted molar refractivity (Wildman–Crippen MR) is 85.7 cm³/mol. The maximum absolute atomic E-state index is 12.2. The van der Waals surface area contributed by atoms with Crippen LogP contribution in [-0.4, -0.2) is 35.0 Å². The molecule has 1 saturated heterocycles. The molecule has 2 amide bonds. The topological polar surface area (TPSA) is 75.4 Å². The number of aromatic nitrogens is 1. The minimum atomic E-state index is -0.290. The number of halogens is 2. The first-order valence-electron chi connectivity index (χ1n) is 6.92. The van der Waals surface area contributed by atoms with Crippen LogP contribution < -0.4 is 5.32 Å². The zero-order valence-electron chi connectivity index (χ0n) is 12.2. The van der Waals surface area contributed by atoms with Crippen molar-refractivity contribution in [1.29, 1.82) is 0 Å². The Morgan fingerprint density at radius 3 is 2.70 bits per heavy atom. The molecule has 1 fully saturated rings. The Morgan fingerprint density at radius 2 is 2.04 bits per heavy atom. The standard InChI is InChI=1S/C15H13Cl2N3O3/c1-8-4-13(19-23-8)15(22)20-6-9(7-20)14(21)18-12-5-10(16)2-3-11(12)17/h2-5,9H,6-7H2,1H3,(H,18,21). The normalized spacial score (nSPS) is 14.5. The lowest BCUT2D eigenvalue weighted by molar-refractivity contribution is -0.123. The molecule has 120 valence electrons. The van der Waals surface area contributed by atoms with E-state index in [1.54, 1.807) is 36.1 Å². The molecule has 1 N–H and O–H groups in total. The number of nitrogens with one attached hydrogen (secondary N) is 1. The molecule has 1 aromatic heterocycles. The summed E-state index contributed by atoms with van der Waals surface area (Å²) in [6.45, 7) is 2.37. The van der Waals surface area contributed by atoms with Crippen LogP contribution in [0, 0.1) is 12.8 Å². The number of hydrogen-bond acceptors (Lipinski definition) is 4. The largest absolute Gasteiger partial charge is 0.361 e. The lowest BCUT2D eigenvalue weighted by Crippen LogP contribution is -2.54. The molecule has 0 unspecified atom stereocenters. The summed E-state index contributed by atoms with van der Waals surface area (Å²) in [6.07, 6.45) is 0. The average molecular weight is 354 g/mol. The Hall–Kier alpha value is -2.05. The number of likely N-dealkylation sites (tertiary alicyclic amines) is 1. The van der Waals surface area contributed by atoms with Crippen LogP contribution in [0.3, 0.4) is 0 Å². The third kappa shape index (κ3) is 3.33. The summed E-state index contributed by atoms with van der Waals surface area (Å²) < 4.78 is 4.88. The van der Waals surface area contributed by atoms with E-state index >= 15 is 0 Å². The molecule has 3 rings (SSSR count). The van der Waals surface area contributed by atoms with Crippen LogP contribution in [0.1, 0.15) is 16.2 Å². The van der Waals surface area contributed by atoms with Gasteiger partial charge in [0.25, 0.3) is 5.91 Å². The summed E-state index contributed by atoms with van der Waals surface area (Å²) in [6, 6.07) is 6.41. The monoisotopic (exact) mass is 353 g/mol. The SMILES string of the molecule is Cc1cc(C(=O)N2CC(C(=O)Nc3cc(Cl)ccc3Cl)C2)no1. The highest BCUT2D eigenvalue weighted by Crippen LogP contribution is 2.27. The van der Waals surface area contributed by atoms with Crippen molar-refractivity contribution in [2.45, 2.75) is 6.92 Å². The van der Waals surface area contributed by atoms with Gasteiger partial charge in [0.1, 0.15) is 5.76 Å². The van der Waals surface area contributed by atoms with E-state index in [1.165, 1.54) is 0 Å². The van der Waals surface area contributed by atoms with Crippen molar-refractivity contribution >= 4 is 40.7 Å². The van der Waals surface area contributed by atoms with Gasteiger partial charge in [-0.3, -0.25) is 9.59 Å². The van der Waals surface area contributed by atoms with Crippen LogP contribution in [0.2, 0.25) is 10.0 Å². The molecule has 0 radical (unpaired) electrons. The molecular weight excluding hydrogens is 341 g/mol. The second-order valence-electron chi connectivity index (χ2n) is 5.34. The van der Waals surface area contributed by atoms with Gasteiger partial charge in [0.2, 0.25) is 5.91 Å². The van der Waals surface area contributed by atoms with E-state index in [0.717, 1.165) is 0 Å². The third-order valence-electron chi connectivity index (χ3n) is 3.57. The van der Waals surface area contributed by atoms with E-state index in [4.69, 9.17) is 27.7 Å². The molecule has 0 saturated carbocycles. The molecule has 6 nitrogen and oxygen atoms in total. The molecule has 2 aromatic rings. The van der Waals surface area contributed by atoms with Gasteiger partial charge in [-0.05, 0) is 25.1 Å². The van der Waals surface area contributed by atoms with Crippen molar-refractivity contribution in [3.8, 4) is 0 Å². The fourth-order valence-corrected chi connectivity index (χ4v) is 2.60. The molecule has 1 aliphatic rings. The zero-order chi connectivity index (χ0) is 16.6. The number of carbonyl (C=O) groups excluding carboxylic acids is 2. The van der Waals surface area contributed by atoms with Gasteiger partial charge in [-0.25, -0.2) is 0 Å². The number of amides is 2. The van der Waals surface area contributed by atoms with Gasteiger partial charge in [0, 0.05) is 24.2 Å². The third-order valence-corrected chi connectivity index (χ3v) is 4.14. The van der Waals surface area contributed by atoms with Crippen LogP contribution in [0.15, 0.2) is 28.8 Å². The number of anilines is 1. The first-order chi connectivity index (χ1) is 10.9. The van der Waals surface area contributed by atoms with Gasteiger partial charge in [-0.2, -0.15) is 0 Å².